The van der Waals surface area contributed by atoms with E-state index in [9.17, 15) is 13.2 Å². The molecule has 0 bridgehead atoms. The first kappa shape index (κ1) is 14.4. The van der Waals surface area contributed by atoms with E-state index in [2.05, 4.69) is 10.3 Å². The van der Waals surface area contributed by atoms with Gasteiger partial charge in [0, 0.05) is 25.1 Å². The van der Waals surface area contributed by atoms with Crippen LogP contribution in [0.15, 0.2) is 30.7 Å². The molecule has 0 atom stereocenters. The second kappa shape index (κ2) is 5.96. The number of imidazole rings is 1. The number of pyridine rings is 1. The third kappa shape index (κ3) is 3.74. The van der Waals surface area contributed by atoms with Crippen molar-refractivity contribution < 1.29 is 18.3 Å². The van der Waals surface area contributed by atoms with Gasteiger partial charge in [0.25, 0.3) is 0 Å². The quantitative estimate of drug-likeness (QED) is 0.888. The molecule has 2 aromatic rings. The SMILES string of the molecule is OC/C=C\c1cc(NCCC(F)(F)F)c2nccn2c1. The highest BCUT2D eigenvalue weighted by Crippen LogP contribution is 2.22. The lowest BCUT2D eigenvalue weighted by atomic mass is 10.2. The summed E-state index contributed by atoms with van der Waals surface area (Å²) < 4.78 is 38.2. The molecule has 2 rings (SSSR count). The Hall–Kier alpha value is -2.02. The second-order valence-electron chi connectivity index (χ2n) is 4.22. The van der Waals surface area contributed by atoms with E-state index < -0.39 is 12.6 Å². The molecule has 0 aliphatic carbocycles. The molecule has 0 aromatic carbocycles. The topological polar surface area (TPSA) is 49.6 Å². The van der Waals surface area contributed by atoms with Crippen LogP contribution in [0.1, 0.15) is 12.0 Å². The Morgan fingerprint density at radius 1 is 1.40 bits per heavy atom. The molecule has 0 aliphatic heterocycles. The minimum Gasteiger partial charge on any atom is -0.392 e. The van der Waals surface area contributed by atoms with Gasteiger partial charge in [-0.25, -0.2) is 4.98 Å². The van der Waals surface area contributed by atoms with Crippen molar-refractivity contribution in [2.24, 2.45) is 0 Å². The van der Waals surface area contributed by atoms with E-state index in [1.807, 2.05) is 0 Å². The van der Waals surface area contributed by atoms with Gasteiger partial charge in [0.05, 0.1) is 18.7 Å². The normalized spacial score (nSPS) is 12.4. The van der Waals surface area contributed by atoms with Gasteiger partial charge in [-0.15, -0.1) is 0 Å². The highest BCUT2D eigenvalue weighted by molar-refractivity contribution is 5.71. The summed E-state index contributed by atoms with van der Waals surface area (Å²) in [5, 5.41) is 11.5. The third-order valence-corrected chi connectivity index (χ3v) is 2.65. The molecule has 0 fully saturated rings. The van der Waals surface area contributed by atoms with Crippen LogP contribution in [0, 0.1) is 0 Å². The molecule has 0 saturated heterocycles. The summed E-state index contributed by atoms with van der Waals surface area (Å²) >= 11 is 0. The fourth-order valence-electron chi connectivity index (χ4n) is 1.80. The van der Waals surface area contributed by atoms with Crippen LogP contribution in [0.5, 0.6) is 0 Å². The van der Waals surface area contributed by atoms with Crippen LogP contribution in [0.2, 0.25) is 0 Å². The van der Waals surface area contributed by atoms with Crippen molar-refractivity contribution in [3.05, 3.63) is 36.3 Å². The highest BCUT2D eigenvalue weighted by Gasteiger charge is 2.26. The van der Waals surface area contributed by atoms with Gasteiger partial charge in [-0.05, 0) is 11.6 Å². The maximum atomic E-state index is 12.2. The fourth-order valence-corrected chi connectivity index (χ4v) is 1.80. The summed E-state index contributed by atoms with van der Waals surface area (Å²) in [7, 11) is 0. The Kier molecular flexibility index (Phi) is 4.29. The number of anilines is 1. The summed E-state index contributed by atoms with van der Waals surface area (Å²) in [6.45, 7) is -0.308. The fraction of sp³-hybridized carbons (Fsp3) is 0.308. The average Bonchev–Trinajstić information content (AvgIpc) is 2.83. The number of nitrogens with one attached hydrogen (secondary N) is 1. The largest absolute Gasteiger partial charge is 0.392 e. The van der Waals surface area contributed by atoms with Gasteiger partial charge < -0.3 is 14.8 Å². The van der Waals surface area contributed by atoms with Crippen LogP contribution in [0.25, 0.3) is 11.7 Å². The molecule has 0 unspecified atom stereocenters. The van der Waals surface area contributed by atoms with Crippen LogP contribution < -0.4 is 5.32 Å². The van der Waals surface area contributed by atoms with Gasteiger partial charge in [0.15, 0.2) is 5.65 Å². The van der Waals surface area contributed by atoms with Crippen molar-refractivity contribution in [3.63, 3.8) is 0 Å². The number of aliphatic hydroxyl groups is 1. The minimum absolute atomic E-state index is 0.0984. The molecule has 2 aromatic heterocycles. The van der Waals surface area contributed by atoms with E-state index in [0.717, 1.165) is 5.56 Å². The Morgan fingerprint density at radius 2 is 2.20 bits per heavy atom. The minimum atomic E-state index is -4.19. The van der Waals surface area contributed by atoms with E-state index in [1.54, 1.807) is 41.2 Å². The predicted octanol–water partition coefficient (Wildman–Crippen LogP) is 2.70. The molecule has 0 amide bonds. The summed E-state index contributed by atoms with van der Waals surface area (Å²) in [5.74, 6) is 0. The number of rotatable bonds is 5. The van der Waals surface area contributed by atoms with E-state index in [4.69, 9.17) is 5.11 Å². The standard InChI is InChI=1S/C13H14F3N3O/c14-13(15,16)3-4-17-11-8-10(2-1-7-20)9-19-6-5-18-12(11)19/h1-2,5-6,8-9,17,20H,3-4,7H2/b2-1-. The summed E-state index contributed by atoms with van der Waals surface area (Å²) in [6.07, 6.45) is 3.21. The Morgan fingerprint density at radius 3 is 2.90 bits per heavy atom. The molecule has 108 valence electrons. The Bertz CT molecular complexity index is 604. The van der Waals surface area contributed by atoms with E-state index in [-0.39, 0.29) is 13.2 Å². The van der Waals surface area contributed by atoms with Gasteiger partial charge in [-0.3, -0.25) is 0 Å². The highest BCUT2D eigenvalue weighted by atomic mass is 19.4. The van der Waals surface area contributed by atoms with E-state index >= 15 is 0 Å². The number of aromatic nitrogens is 2. The molecular formula is C13H14F3N3O. The molecule has 0 aliphatic rings. The zero-order valence-corrected chi connectivity index (χ0v) is 10.6. The molecule has 0 spiro atoms. The molecule has 7 heteroatoms. The lowest BCUT2D eigenvalue weighted by molar-refractivity contribution is -0.131. The zero-order valence-electron chi connectivity index (χ0n) is 10.6. The van der Waals surface area contributed by atoms with Crippen molar-refractivity contribution in [1.29, 1.82) is 0 Å². The number of fused-ring (bicyclic) bond motifs is 1. The first-order valence-corrected chi connectivity index (χ1v) is 6.04. The van der Waals surface area contributed by atoms with Gasteiger partial charge >= 0.3 is 6.18 Å². The zero-order chi connectivity index (χ0) is 14.6. The smallest absolute Gasteiger partial charge is 0.390 e. The van der Waals surface area contributed by atoms with Gasteiger partial charge in [-0.2, -0.15) is 13.2 Å². The van der Waals surface area contributed by atoms with Gasteiger partial charge in [0.2, 0.25) is 0 Å². The maximum absolute atomic E-state index is 12.2. The molecule has 2 heterocycles. The number of halogens is 3. The van der Waals surface area contributed by atoms with Crippen molar-refractivity contribution in [2.45, 2.75) is 12.6 Å². The first-order valence-electron chi connectivity index (χ1n) is 6.04. The number of hydrogen-bond donors (Lipinski definition) is 2. The maximum Gasteiger partial charge on any atom is 0.390 e. The molecule has 2 N–H and O–H groups in total. The van der Waals surface area contributed by atoms with E-state index in [1.165, 1.54) is 0 Å². The summed E-state index contributed by atoms with van der Waals surface area (Å²) in [6, 6.07) is 1.70. The number of nitrogens with zero attached hydrogens (tertiary/aromatic N) is 2. The number of alkyl halides is 3. The van der Waals surface area contributed by atoms with E-state index in [0.29, 0.717) is 11.3 Å². The number of hydrogen-bond acceptors (Lipinski definition) is 3. The second-order valence-corrected chi connectivity index (χ2v) is 4.22. The van der Waals surface area contributed by atoms with Crippen LogP contribution in [0.4, 0.5) is 18.9 Å². The molecule has 4 nitrogen and oxygen atoms in total. The first-order chi connectivity index (χ1) is 9.49. The number of aliphatic hydroxyl groups excluding tert-OH is 1. The lowest BCUT2D eigenvalue weighted by Gasteiger charge is -2.11. The van der Waals surface area contributed by atoms with Crippen LogP contribution >= 0.6 is 0 Å². The third-order valence-electron chi connectivity index (χ3n) is 2.65. The van der Waals surface area contributed by atoms with Crippen LogP contribution in [0.3, 0.4) is 0 Å². The molecule has 0 radical (unpaired) electrons. The van der Waals surface area contributed by atoms with Crippen molar-refractivity contribution >= 4 is 17.4 Å². The summed E-state index contributed by atoms with van der Waals surface area (Å²) in [4.78, 5) is 4.10. The lowest BCUT2D eigenvalue weighted by Crippen LogP contribution is -2.15. The van der Waals surface area contributed by atoms with Gasteiger partial charge in [0.1, 0.15) is 0 Å². The average molecular weight is 285 g/mol. The van der Waals surface area contributed by atoms with Crippen molar-refractivity contribution in [1.82, 2.24) is 9.38 Å². The monoisotopic (exact) mass is 285 g/mol. The van der Waals surface area contributed by atoms with Crippen LogP contribution in [-0.4, -0.2) is 33.8 Å². The van der Waals surface area contributed by atoms with Gasteiger partial charge in [-0.1, -0.05) is 12.2 Å². The van der Waals surface area contributed by atoms with Crippen LogP contribution in [-0.2, 0) is 0 Å². The Labute approximate surface area is 113 Å². The Balaban J connectivity index is 2.21. The summed E-state index contributed by atoms with van der Waals surface area (Å²) in [5.41, 5.74) is 1.85. The predicted molar refractivity (Wildman–Crippen MR) is 70.5 cm³/mol. The molecule has 0 saturated carbocycles. The molecule has 20 heavy (non-hydrogen) atoms. The molecular weight excluding hydrogens is 271 g/mol. The van der Waals surface area contributed by atoms with Crippen molar-refractivity contribution in [3.8, 4) is 0 Å². The van der Waals surface area contributed by atoms with Crippen molar-refractivity contribution in [2.75, 3.05) is 18.5 Å².